The first-order chi connectivity index (χ1) is 6.88. The van der Waals surface area contributed by atoms with Crippen LogP contribution in [0.1, 0.15) is 39.5 Å². The predicted octanol–water partition coefficient (Wildman–Crippen LogP) is 1.09. The van der Waals surface area contributed by atoms with Crippen LogP contribution in [0, 0.1) is 0 Å². The van der Waals surface area contributed by atoms with Crippen LogP contribution < -0.4 is 0 Å². The van der Waals surface area contributed by atoms with Gasteiger partial charge >= 0.3 is 5.97 Å². The molecule has 0 unspecified atom stereocenters. The Balaban J connectivity index is 2.55. The van der Waals surface area contributed by atoms with Crippen molar-refractivity contribution in [3.05, 3.63) is 0 Å². The minimum atomic E-state index is -0.821. The summed E-state index contributed by atoms with van der Waals surface area (Å²) in [4.78, 5) is 12.6. The maximum Gasteiger partial charge on any atom is 0.317 e. The molecule has 1 fully saturated rings. The summed E-state index contributed by atoms with van der Waals surface area (Å²) < 4.78 is 0. The molecular formula is C11H21NO3. The van der Waals surface area contributed by atoms with Gasteiger partial charge in [-0.1, -0.05) is 12.8 Å². The number of aliphatic hydroxyl groups is 1. The molecular weight excluding hydrogens is 194 g/mol. The van der Waals surface area contributed by atoms with E-state index in [0.717, 1.165) is 12.8 Å². The second-order valence-electron chi connectivity index (χ2n) is 5.05. The summed E-state index contributed by atoms with van der Waals surface area (Å²) in [5.41, 5.74) is -0.821. The molecule has 1 aliphatic carbocycles. The number of carboxylic acids is 1. The van der Waals surface area contributed by atoms with Crippen molar-refractivity contribution in [1.29, 1.82) is 0 Å². The quantitative estimate of drug-likeness (QED) is 0.720. The van der Waals surface area contributed by atoms with Crippen molar-refractivity contribution in [1.82, 2.24) is 4.90 Å². The lowest BCUT2D eigenvalue weighted by atomic mass is 10.1. The molecule has 0 spiro atoms. The molecule has 0 radical (unpaired) electrons. The first kappa shape index (κ1) is 12.5. The van der Waals surface area contributed by atoms with E-state index in [1.165, 1.54) is 12.8 Å². The molecule has 88 valence electrons. The van der Waals surface area contributed by atoms with Crippen LogP contribution in [-0.2, 0) is 4.79 Å². The van der Waals surface area contributed by atoms with Gasteiger partial charge in [-0.15, -0.1) is 0 Å². The highest BCUT2D eigenvalue weighted by molar-refractivity contribution is 5.69. The van der Waals surface area contributed by atoms with Crippen LogP contribution in [0.4, 0.5) is 0 Å². The van der Waals surface area contributed by atoms with Crippen LogP contribution in [0.25, 0.3) is 0 Å². The summed E-state index contributed by atoms with van der Waals surface area (Å²) >= 11 is 0. The smallest absolute Gasteiger partial charge is 0.317 e. The SMILES string of the molecule is CC(C)(O)CN(CC(=O)O)C1CCCC1. The zero-order chi connectivity index (χ0) is 11.5. The van der Waals surface area contributed by atoms with Gasteiger partial charge < -0.3 is 10.2 Å². The third kappa shape index (κ3) is 4.62. The fraction of sp³-hybridized carbons (Fsp3) is 0.909. The highest BCUT2D eigenvalue weighted by Crippen LogP contribution is 2.24. The van der Waals surface area contributed by atoms with E-state index in [4.69, 9.17) is 5.11 Å². The van der Waals surface area contributed by atoms with Gasteiger partial charge in [0.1, 0.15) is 0 Å². The molecule has 0 aromatic rings. The lowest BCUT2D eigenvalue weighted by Crippen LogP contribution is -2.45. The predicted molar refractivity (Wildman–Crippen MR) is 57.8 cm³/mol. The number of aliphatic carboxylic acids is 1. The van der Waals surface area contributed by atoms with Crippen LogP contribution in [0.5, 0.6) is 0 Å². The summed E-state index contributed by atoms with van der Waals surface area (Å²) in [6.45, 7) is 3.91. The average molecular weight is 215 g/mol. The van der Waals surface area contributed by atoms with Gasteiger partial charge in [0.2, 0.25) is 0 Å². The molecule has 0 atom stereocenters. The van der Waals surface area contributed by atoms with Crippen LogP contribution >= 0.6 is 0 Å². The molecule has 0 amide bonds. The van der Waals surface area contributed by atoms with Gasteiger partial charge in [-0.3, -0.25) is 9.69 Å². The third-order valence-corrected chi connectivity index (χ3v) is 2.77. The summed E-state index contributed by atoms with van der Waals surface area (Å²) in [6.07, 6.45) is 4.46. The summed E-state index contributed by atoms with van der Waals surface area (Å²) in [7, 11) is 0. The number of hydrogen-bond acceptors (Lipinski definition) is 3. The fourth-order valence-corrected chi connectivity index (χ4v) is 2.25. The molecule has 0 aromatic carbocycles. The van der Waals surface area contributed by atoms with E-state index in [1.807, 2.05) is 4.90 Å². The van der Waals surface area contributed by atoms with Gasteiger partial charge in [0.25, 0.3) is 0 Å². The molecule has 1 aliphatic rings. The lowest BCUT2D eigenvalue weighted by Gasteiger charge is -2.32. The summed E-state index contributed by atoms with van der Waals surface area (Å²) in [5.74, 6) is -0.814. The lowest BCUT2D eigenvalue weighted by molar-refractivity contribution is -0.139. The summed E-state index contributed by atoms with van der Waals surface area (Å²) in [6, 6.07) is 0.340. The molecule has 4 nitrogen and oxygen atoms in total. The van der Waals surface area contributed by atoms with Gasteiger partial charge in [0, 0.05) is 12.6 Å². The van der Waals surface area contributed by atoms with Crippen molar-refractivity contribution in [3.63, 3.8) is 0 Å². The Hall–Kier alpha value is -0.610. The minimum Gasteiger partial charge on any atom is -0.480 e. The van der Waals surface area contributed by atoms with Crippen molar-refractivity contribution >= 4 is 5.97 Å². The number of rotatable bonds is 5. The maximum atomic E-state index is 10.7. The zero-order valence-corrected chi connectivity index (χ0v) is 9.57. The van der Waals surface area contributed by atoms with Crippen molar-refractivity contribution in [2.45, 2.75) is 51.2 Å². The first-order valence-corrected chi connectivity index (χ1v) is 5.57. The monoisotopic (exact) mass is 215 g/mol. The van der Waals surface area contributed by atoms with Crippen molar-refractivity contribution in [2.24, 2.45) is 0 Å². The second kappa shape index (κ2) is 4.94. The van der Waals surface area contributed by atoms with Crippen LogP contribution in [0.15, 0.2) is 0 Å². The van der Waals surface area contributed by atoms with Crippen molar-refractivity contribution < 1.29 is 15.0 Å². The Morgan fingerprint density at radius 1 is 1.40 bits per heavy atom. The molecule has 0 heterocycles. The topological polar surface area (TPSA) is 60.8 Å². The second-order valence-corrected chi connectivity index (χ2v) is 5.05. The average Bonchev–Trinajstić information content (AvgIpc) is 2.50. The molecule has 0 aliphatic heterocycles. The van der Waals surface area contributed by atoms with E-state index < -0.39 is 11.6 Å². The Morgan fingerprint density at radius 3 is 2.33 bits per heavy atom. The fourth-order valence-electron chi connectivity index (χ4n) is 2.25. The highest BCUT2D eigenvalue weighted by Gasteiger charge is 2.28. The van der Waals surface area contributed by atoms with Gasteiger partial charge in [-0.25, -0.2) is 0 Å². The molecule has 0 bridgehead atoms. The van der Waals surface area contributed by atoms with E-state index in [-0.39, 0.29) is 6.54 Å². The van der Waals surface area contributed by atoms with E-state index >= 15 is 0 Å². The number of carboxylic acid groups (broad SMARTS) is 1. The third-order valence-electron chi connectivity index (χ3n) is 2.77. The number of hydrogen-bond donors (Lipinski definition) is 2. The van der Waals surface area contributed by atoms with E-state index in [0.29, 0.717) is 12.6 Å². The first-order valence-electron chi connectivity index (χ1n) is 5.57. The Morgan fingerprint density at radius 2 is 1.93 bits per heavy atom. The van der Waals surface area contributed by atoms with Gasteiger partial charge in [0.05, 0.1) is 12.1 Å². The van der Waals surface area contributed by atoms with Crippen molar-refractivity contribution in [2.75, 3.05) is 13.1 Å². The zero-order valence-electron chi connectivity index (χ0n) is 9.57. The van der Waals surface area contributed by atoms with Crippen molar-refractivity contribution in [3.8, 4) is 0 Å². The van der Waals surface area contributed by atoms with Crippen LogP contribution in [0.2, 0.25) is 0 Å². The normalized spacial score (nSPS) is 18.7. The van der Waals surface area contributed by atoms with E-state index in [1.54, 1.807) is 13.8 Å². The highest BCUT2D eigenvalue weighted by atomic mass is 16.4. The van der Waals surface area contributed by atoms with Gasteiger partial charge in [-0.05, 0) is 26.7 Å². The molecule has 1 rings (SSSR count). The minimum absolute atomic E-state index is 0.0364. The van der Waals surface area contributed by atoms with Gasteiger partial charge in [0.15, 0.2) is 0 Å². The maximum absolute atomic E-state index is 10.7. The van der Waals surface area contributed by atoms with Crippen LogP contribution in [0.3, 0.4) is 0 Å². The molecule has 4 heteroatoms. The van der Waals surface area contributed by atoms with Gasteiger partial charge in [-0.2, -0.15) is 0 Å². The Labute approximate surface area is 90.9 Å². The Bertz CT molecular complexity index is 216. The summed E-state index contributed by atoms with van der Waals surface area (Å²) in [5, 5.41) is 18.5. The van der Waals surface area contributed by atoms with E-state index in [9.17, 15) is 9.90 Å². The largest absolute Gasteiger partial charge is 0.480 e. The number of nitrogens with zero attached hydrogens (tertiary/aromatic N) is 1. The molecule has 15 heavy (non-hydrogen) atoms. The Kier molecular flexibility index (Phi) is 4.11. The van der Waals surface area contributed by atoms with Crippen LogP contribution in [-0.4, -0.2) is 45.8 Å². The molecule has 2 N–H and O–H groups in total. The molecule has 0 aromatic heterocycles. The van der Waals surface area contributed by atoms with E-state index in [2.05, 4.69) is 0 Å². The molecule has 1 saturated carbocycles. The number of carbonyl (C=O) groups is 1. The molecule has 0 saturated heterocycles. The standard InChI is InChI=1S/C11H21NO3/c1-11(2,15)8-12(7-10(13)14)9-5-3-4-6-9/h9,15H,3-8H2,1-2H3,(H,13,14).